The zero-order valence-corrected chi connectivity index (χ0v) is 15.5. The molecule has 7 nitrogen and oxygen atoms in total. The van der Waals surface area contributed by atoms with Crippen molar-refractivity contribution in [2.45, 2.75) is 31.8 Å². The molecule has 0 spiro atoms. The van der Waals surface area contributed by atoms with Crippen molar-refractivity contribution in [1.29, 1.82) is 0 Å². The number of carbonyl (C=O) groups is 3. The van der Waals surface area contributed by atoms with Crippen molar-refractivity contribution in [2.75, 3.05) is 39.3 Å². The first kappa shape index (κ1) is 18.0. The molecule has 3 aliphatic heterocycles. The first-order chi connectivity index (χ1) is 13.1. The highest BCUT2D eigenvalue weighted by Gasteiger charge is 2.39. The molecular formula is C20H26N4O3. The number of carbonyl (C=O) groups excluding carboxylic acids is 3. The van der Waals surface area contributed by atoms with Gasteiger partial charge in [0.2, 0.25) is 11.8 Å². The Bertz CT molecular complexity index is 727. The average Bonchev–Trinajstić information content (AvgIpc) is 2.71. The van der Waals surface area contributed by atoms with Crippen molar-refractivity contribution < 1.29 is 14.4 Å². The van der Waals surface area contributed by atoms with Crippen LogP contribution in [-0.2, 0) is 16.1 Å². The van der Waals surface area contributed by atoms with Crippen molar-refractivity contribution in [1.82, 2.24) is 20.0 Å². The molecule has 0 aliphatic carbocycles. The van der Waals surface area contributed by atoms with Gasteiger partial charge in [0.05, 0.1) is 13.1 Å². The van der Waals surface area contributed by atoms with E-state index in [1.807, 2.05) is 24.3 Å². The highest BCUT2D eigenvalue weighted by atomic mass is 16.2. The predicted molar refractivity (Wildman–Crippen MR) is 100.0 cm³/mol. The summed E-state index contributed by atoms with van der Waals surface area (Å²) >= 11 is 0. The number of piperazine rings is 2. The third-order valence-electron chi connectivity index (χ3n) is 5.76. The summed E-state index contributed by atoms with van der Waals surface area (Å²) in [5.41, 5.74) is 1.85. The average molecular weight is 370 g/mol. The van der Waals surface area contributed by atoms with E-state index in [2.05, 4.69) is 10.2 Å². The van der Waals surface area contributed by atoms with Crippen LogP contribution in [0.5, 0.6) is 0 Å². The Morgan fingerprint density at radius 1 is 1.00 bits per heavy atom. The lowest BCUT2D eigenvalue weighted by molar-refractivity contribution is -0.148. The molecule has 0 bridgehead atoms. The summed E-state index contributed by atoms with van der Waals surface area (Å²) in [6.07, 6.45) is 3.85. The van der Waals surface area contributed by atoms with E-state index < -0.39 is 6.04 Å². The fraction of sp³-hybridized carbons (Fsp3) is 0.550. The van der Waals surface area contributed by atoms with Crippen LogP contribution in [0.4, 0.5) is 0 Å². The number of hydrogen-bond donors (Lipinski definition) is 1. The van der Waals surface area contributed by atoms with Gasteiger partial charge in [-0.1, -0.05) is 18.6 Å². The fourth-order valence-corrected chi connectivity index (χ4v) is 4.18. The zero-order chi connectivity index (χ0) is 18.8. The Morgan fingerprint density at radius 3 is 2.48 bits per heavy atom. The van der Waals surface area contributed by atoms with Gasteiger partial charge < -0.3 is 15.1 Å². The normalized spacial score (nSPS) is 23.8. The van der Waals surface area contributed by atoms with E-state index in [0.717, 1.165) is 19.6 Å². The minimum atomic E-state index is -0.567. The first-order valence-corrected chi connectivity index (χ1v) is 9.79. The molecule has 1 aromatic carbocycles. The van der Waals surface area contributed by atoms with Gasteiger partial charge >= 0.3 is 0 Å². The van der Waals surface area contributed by atoms with E-state index in [1.54, 1.807) is 9.80 Å². The van der Waals surface area contributed by atoms with Crippen LogP contribution in [-0.4, -0.2) is 77.7 Å². The SMILES string of the molecule is O=C1NCC(=O)N2CCN(C(=O)c3ccc(CN4CCCCC4)cc3)CC12. The number of amides is 3. The molecule has 3 amide bonds. The molecule has 3 fully saturated rings. The third-order valence-corrected chi connectivity index (χ3v) is 5.76. The molecule has 3 saturated heterocycles. The number of benzene rings is 1. The number of nitrogens with one attached hydrogen (secondary N) is 1. The van der Waals surface area contributed by atoms with E-state index in [0.29, 0.717) is 18.7 Å². The van der Waals surface area contributed by atoms with Gasteiger partial charge in [0, 0.05) is 25.2 Å². The van der Waals surface area contributed by atoms with Crippen molar-refractivity contribution in [2.24, 2.45) is 0 Å². The largest absolute Gasteiger partial charge is 0.345 e. The second-order valence-corrected chi connectivity index (χ2v) is 7.61. The van der Waals surface area contributed by atoms with Gasteiger partial charge in [-0.2, -0.15) is 0 Å². The summed E-state index contributed by atoms with van der Waals surface area (Å²) < 4.78 is 0. The van der Waals surface area contributed by atoms with Gasteiger partial charge in [0.15, 0.2) is 0 Å². The molecule has 7 heteroatoms. The highest BCUT2D eigenvalue weighted by Crippen LogP contribution is 2.18. The maximum absolute atomic E-state index is 12.8. The molecule has 3 heterocycles. The lowest BCUT2D eigenvalue weighted by atomic mass is 10.1. The Balaban J connectivity index is 1.39. The van der Waals surface area contributed by atoms with Crippen LogP contribution in [0.15, 0.2) is 24.3 Å². The van der Waals surface area contributed by atoms with Crippen molar-refractivity contribution in [3.63, 3.8) is 0 Å². The lowest BCUT2D eigenvalue weighted by Crippen LogP contribution is -2.66. The summed E-state index contributed by atoms with van der Waals surface area (Å²) in [6, 6.07) is 7.23. The number of hydrogen-bond acceptors (Lipinski definition) is 4. The molecule has 0 radical (unpaired) electrons. The van der Waals surface area contributed by atoms with Crippen LogP contribution >= 0.6 is 0 Å². The topological polar surface area (TPSA) is 73.0 Å². The Labute approximate surface area is 159 Å². The minimum Gasteiger partial charge on any atom is -0.345 e. The first-order valence-electron chi connectivity index (χ1n) is 9.79. The number of rotatable bonds is 3. The van der Waals surface area contributed by atoms with Gasteiger partial charge in [0.25, 0.3) is 5.91 Å². The molecule has 4 rings (SSSR count). The monoisotopic (exact) mass is 370 g/mol. The van der Waals surface area contributed by atoms with Gasteiger partial charge in [-0.15, -0.1) is 0 Å². The Kier molecular flexibility index (Phi) is 5.11. The number of fused-ring (bicyclic) bond motifs is 1. The third kappa shape index (κ3) is 3.83. The summed E-state index contributed by atoms with van der Waals surface area (Å²) in [5, 5.41) is 2.60. The molecule has 0 aromatic heterocycles. The van der Waals surface area contributed by atoms with E-state index >= 15 is 0 Å². The van der Waals surface area contributed by atoms with Crippen LogP contribution < -0.4 is 5.32 Å². The Hall–Kier alpha value is -2.41. The number of piperidine rings is 1. The summed E-state index contributed by atoms with van der Waals surface area (Å²) in [7, 11) is 0. The smallest absolute Gasteiger partial charge is 0.253 e. The minimum absolute atomic E-state index is 0.0573. The van der Waals surface area contributed by atoms with Crippen LogP contribution in [0, 0.1) is 0 Å². The van der Waals surface area contributed by atoms with Crippen LogP contribution in [0.3, 0.4) is 0 Å². The molecular weight excluding hydrogens is 344 g/mol. The summed E-state index contributed by atoms with van der Waals surface area (Å²) in [5.74, 6) is -0.331. The molecule has 1 aromatic rings. The highest BCUT2D eigenvalue weighted by molar-refractivity contribution is 5.98. The van der Waals surface area contributed by atoms with E-state index in [-0.39, 0.29) is 30.8 Å². The van der Waals surface area contributed by atoms with Gasteiger partial charge in [-0.05, 0) is 43.6 Å². The van der Waals surface area contributed by atoms with Crippen LogP contribution in [0.1, 0.15) is 35.2 Å². The van der Waals surface area contributed by atoms with E-state index in [1.165, 1.54) is 24.8 Å². The molecule has 1 unspecified atom stereocenters. The summed E-state index contributed by atoms with van der Waals surface area (Å²) in [4.78, 5) is 42.6. The predicted octanol–water partition coefficient (Wildman–Crippen LogP) is 0.455. The molecule has 3 aliphatic rings. The second-order valence-electron chi connectivity index (χ2n) is 7.61. The van der Waals surface area contributed by atoms with Crippen molar-refractivity contribution in [3.05, 3.63) is 35.4 Å². The van der Waals surface area contributed by atoms with E-state index in [4.69, 9.17) is 0 Å². The molecule has 144 valence electrons. The molecule has 1 atom stereocenters. The molecule has 0 saturated carbocycles. The van der Waals surface area contributed by atoms with Gasteiger partial charge in [0.1, 0.15) is 6.04 Å². The van der Waals surface area contributed by atoms with Crippen molar-refractivity contribution >= 4 is 17.7 Å². The fourth-order valence-electron chi connectivity index (χ4n) is 4.18. The summed E-state index contributed by atoms with van der Waals surface area (Å²) in [6.45, 7) is 4.41. The maximum atomic E-state index is 12.8. The quantitative estimate of drug-likeness (QED) is 0.839. The standard InChI is InChI=1S/C20H26N4O3/c25-18-12-21-19(26)17-14-23(10-11-24(17)18)20(27)16-6-4-15(5-7-16)13-22-8-2-1-3-9-22/h4-7,17H,1-3,8-14H2,(H,21,26). The molecule has 27 heavy (non-hydrogen) atoms. The number of likely N-dealkylation sites (tertiary alicyclic amines) is 1. The molecule has 1 N–H and O–H groups in total. The number of nitrogens with zero attached hydrogens (tertiary/aromatic N) is 3. The van der Waals surface area contributed by atoms with Crippen LogP contribution in [0.2, 0.25) is 0 Å². The maximum Gasteiger partial charge on any atom is 0.253 e. The van der Waals surface area contributed by atoms with Crippen LogP contribution in [0.25, 0.3) is 0 Å². The Morgan fingerprint density at radius 2 is 1.74 bits per heavy atom. The van der Waals surface area contributed by atoms with Gasteiger partial charge in [-0.25, -0.2) is 0 Å². The van der Waals surface area contributed by atoms with Gasteiger partial charge in [-0.3, -0.25) is 19.3 Å². The lowest BCUT2D eigenvalue weighted by Gasteiger charge is -2.42. The van der Waals surface area contributed by atoms with E-state index in [9.17, 15) is 14.4 Å². The second kappa shape index (κ2) is 7.68. The van der Waals surface area contributed by atoms with Crippen molar-refractivity contribution in [3.8, 4) is 0 Å². The zero-order valence-electron chi connectivity index (χ0n) is 15.5.